The quantitative estimate of drug-likeness (QED) is 0.738. The van der Waals surface area contributed by atoms with Gasteiger partial charge in [-0.25, -0.2) is 0 Å². The number of nitrogens with two attached hydrogens (primary N) is 1. The number of benzene rings is 1. The third kappa shape index (κ3) is 3.10. The first-order valence-electron chi connectivity index (χ1n) is 7.06. The summed E-state index contributed by atoms with van der Waals surface area (Å²) in [4.78, 5) is 4.52. The highest BCUT2D eigenvalue weighted by Crippen LogP contribution is 2.37. The van der Waals surface area contributed by atoms with Crippen molar-refractivity contribution in [2.24, 2.45) is 11.7 Å². The van der Waals surface area contributed by atoms with Gasteiger partial charge in [0.25, 0.3) is 5.89 Å². The summed E-state index contributed by atoms with van der Waals surface area (Å²) in [5.74, 6) is 1.68. The van der Waals surface area contributed by atoms with E-state index in [1.54, 1.807) is 0 Å². The zero-order valence-corrected chi connectivity index (χ0v) is 14.7. The predicted molar refractivity (Wildman–Crippen MR) is 91.0 cm³/mol. The van der Waals surface area contributed by atoms with Crippen LogP contribution in [0.3, 0.4) is 0 Å². The van der Waals surface area contributed by atoms with Crippen molar-refractivity contribution in [3.05, 3.63) is 32.6 Å². The van der Waals surface area contributed by atoms with Crippen LogP contribution in [0.1, 0.15) is 38.4 Å². The van der Waals surface area contributed by atoms with E-state index in [9.17, 15) is 0 Å². The molecule has 2 atom stereocenters. The van der Waals surface area contributed by atoms with Gasteiger partial charge in [-0.2, -0.15) is 4.98 Å². The summed E-state index contributed by atoms with van der Waals surface area (Å²) in [6.07, 6.45) is 4.14. The van der Waals surface area contributed by atoms with Crippen LogP contribution in [0.4, 0.5) is 0 Å². The van der Waals surface area contributed by atoms with E-state index in [0.29, 0.717) is 22.7 Å². The van der Waals surface area contributed by atoms with Crippen LogP contribution in [0, 0.1) is 9.49 Å². The summed E-state index contributed by atoms with van der Waals surface area (Å²) in [5, 5.41) is 4.80. The minimum absolute atomic E-state index is 0.466. The van der Waals surface area contributed by atoms with Crippen LogP contribution in [0.2, 0.25) is 5.02 Å². The summed E-state index contributed by atoms with van der Waals surface area (Å²) in [6, 6.07) is 5.70. The Labute approximate surface area is 142 Å². The fourth-order valence-corrected chi connectivity index (χ4v) is 3.48. The standard InChI is InChI=1S/C15H17ClIN3O/c1-9-3-2-6-15(18,8-9)14-19-13(21-20-14)10-4-5-12(17)11(16)7-10/h4-5,7,9H,2-3,6,8,18H2,1H3. The van der Waals surface area contributed by atoms with Crippen LogP contribution in [-0.2, 0) is 5.54 Å². The third-order valence-corrected chi connectivity index (χ3v) is 5.64. The average molecular weight is 418 g/mol. The third-order valence-electron chi connectivity index (χ3n) is 4.07. The van der Waals surface area contributed by atoms with E-state index in [0.717, 1.165) is 28.4 Å². The molecule has 1 heterocycles. The summed E-state index contributed by atoms with van der Waals surface area (Å²) >= 11 is 8.33. The SMILES string of the molecule is CC1CCCC(N)(c2noc(-c3ccc(I)c(Cl)c3)n2)C1. The lowest BCUT2D eigenvalue weighted by Crippen LogP contribution is -2.42. The van der Waals surface area contributed by atoms with Crippen molar-refractivity contribution in [1.29, 1.82) is 0 Å². The number of nitrogens with zero attached hydrogens (tertiary/aromatic N) is 2. The first-order chi connectivity index (χ1) is 9.98. The van der Waals surface area contributed by atoms with Gasteiger partial charge in [-0.1, -0.05) is 36.5 Å². The zero-order chi connectivity index (χ0) is 15.0. The van der Waals surface area contributed by atoms with Crippen molar-refractivity contribution < 1.29 is 4.52 Å². The molecule has 3 rings (SSSR count). The Balaban J connectivity index is 1.90. The Morgan fingerprint density at radius 2 is 2.29 bits per heavy atom. The van der Waals surface area contributed by atoms with Crippen molar-refractivity contribution >= 4 is 34.2 Å². The molecule has 0 saturated heterocycles. The van der Waals surface area contributed by atoms with Crippen molar-refractivity contribution in [3.63, 3.8) is 0 Å². The largest absolute Gasteiger partial charge is 0.334 e. The van der Waals surface area contributed by atoms with Crippen LogP contribution in [0.15, 0.2) is 22.7 Å². The van der Waals surface area contributed by atoms with Crippen LogP contribution in [0.5, 0.6) is 0 Å². The topological polar surface area (TPSA) is 64.9 Å². The molecule has 0 bridgehead atoms. The highest BCUT2D eigenvalue weighted by Gasteiger charge is 2.37. The van der Waals surface area contributed by atoms with Crippen LogP contribution >= 0.6 is 34.2 Å². The van der Waals surface area contributed by atoms with E-state index >= 15 is 0 Å². The number of aromatic nitrogens is 2. The molecule has 0 aliphatic heterocycles. The second-order valence-corrected chi connectivity index (χ2v) is 7.48. The monoisotopic (exact) mass is 417 g/mol. The van der Waals surface area contributed by atoms with Gasteiger partial charge in [0.1, 0.15) is 0 Å². The minimum Gasteiger partial charge on any atom is -0.334 e. The van der Waals surface area contributed by atoms with E-state index in [2.05, 4.69) is 39.7 Å². The first kappa shape index (κ1) is 15.2. The molecule has 0 amide bonds. The van der Waals surface area contributed by atoms with E-state index in [4.69, 9.17) is 21.9 Å². The molecule has 1 aromatic carbocycles. The Bertz CT molecular complexity index is 660. The van der Waals surface area contributed by atoms with Crippen molar-refractivity contribution in [2.45, 2.75) is 38.1 Å². The maximum absolute atomic E-state index is 6.50. The predicted octanol–water partition coefficient (Wildman–Crippen LogP) is 4.36. The molecular formula is C15H17ClIN3O. The fourth-order valence-electron chi connectivity index (χ4n) is 2.97. The Morgan fingerprint density at radius 3 is 3.00 bits per heavy atom. The molecule has 0 spiro atoms. The van der Waals surface area contributed by atoms with Gasteiger partial charge in [-0.15, -0.1) is 0 Å². The number of rotatable bonds is 2. The zero-order valence-electron chi connectivity index (χ0n) is 11.8. The Morgan fingerprint density at radius 1 is 1.48 bits per heavy atom. The van der Waals surface area contributed by atoms with Gasteiger partial charge < -0.3 is 10.3 Å². The maximum Gasteiger partial charge on any atom is 0.258 e. The first-order valence-corrected chi connectivity index (χ1v) is 8.52. The van der Waals surface area contributed by atoms with E-state index < -0.39 is 5.54 Å². The minimum atomic E-state index is -0.466. The molecule has 4 nitrogen and oxygen atoms in total. The van der Waals surface area contributed by atoms with Gasteiger partial charge in [0.05, 0.1) is 10.6 Å². The normalized spacial score (nSPS) is 26.0. The smallest absolute Gasteiger partial charge is 0.258 e. The van der Waals surface area contributed by atoms with E-state index in [1.807, 2.05) is 18.2 Å². The second-order valence-electron chi connectivity index (χ2n) is 5.91. The highest BCUT2D eigenvalue weighted by atomic mass is 127. The van der Waals surface area contributed by atoms with Crippen molar-refractivity contribution in [2.75, 3.05) is 0 Å². The highest BCUT2D eigenvalue weighted by molar-refractivity contribution is 14.1. The molecule has 1 aliphatic carbocycles. The summed E-state index contributed by atoms with van der Waals surface area (Å²) < 4.78 is 6.39. The second kappa shape index (κ2) is 5.85. The van der Waals surface area contributed by atoms with E-state index in [-0.39, 0.29) is 0 Å². The van der Waals surface area contributed by atoms with Crippen molar-refractivity contribution in [3.8, 4) is 11.5 Å². The summed E-state index contributed by atoms with van der Waals surface area (Å²) in [7, 11) is 0. The van der Waals surface area contributed by atoms with E-state index in [1.165, 1.54) is 6.42 Å². The molecule has 1 aliphatic rings. The molecular weight excluding hydrogens is 401 g/mol. The Kier molecular flexibility index (Phi) is 4.25. The number of hydrogen-bond donors (Lipinski definition) is 1. The lowest BCUT2D eigenvalue weighted by molar-refractivity contribution is 0.222. The van der Waals surface area contributed by atoms with Gasteiger partial charge in [0, 0.05) is 9.13 Å². The van der Waals surface area contributed by atoms with Gasteiger partial charge in [-0.05, 0) is 59.5 Å². The lowest BCUT2D eigenvalue weighted by atomic mass is 9.76. The van der Waals surface area contributed by atoms with Gasteiger partial charge >= 0.3 is 0 Å². The van der Waals surface area contributed by atoms with Crippen LogP contribution in [0.25, 0.3) is 11.5 Å². The molecule has 2 aromatic rings. The number of hydrogen-bond acceptors (Lipinski definition) is 4. The molecule has 21 heavy (non-hydrogen) atoms. The Hall–Kier alpha value is -0.660. The van der Waals surface area contributed by atoms with Gasteiger partial charge in [0.2, 0.25) is 0 Å². The molecule has 112 valence electrons. The van der Waals surface area contributed by atoms with Gasteiger partial charge in [0.15, 0.2) is 5.82 Å². The molecule has 1 aromatic heterocycles. The number of halogens is 2. The molecule has 0 radical (unpaired) electrons. The molecule has 1 fully saturated rings. The fraction of sp³-hybridized carbons (Fsp3) is 0.467. The van der Waals surface area contributed by atoms with Gasteiger partial charge in [-0.3, -0.25) is 0 Å². The molecule has 1 saturated carbocycles. The van der Waals surface area contributed by atoms with Crippen LogP contribution in [-0.4, -0.2) is 10.1 Å². The maximum atomic E-state index is 6.50. The average Bonchev–Trinajstić information content (AvgIpc) is 2.92. The molecule has 6 heteroatoms. The van der Waals surface area contributed by atoms with Crippen molar-refractivity contribution in [1.82, 2.24) is 10.1 Å². The van der Waals surface area contributed by atoms with Crippen LogP contribution < -0.4 is 5.73 Å². The molecule has 2 N–H and O–H groups in total. The lowest BCUT2D eigenvalue weighted by Gasteiger charge is -2.33. The summed E-state index contributed by atoms with van der Waals surface area (Å²) in [5.41, 5.74) is 6.86. The summed E-state index contributed by atoms with van der Waals surface area (Å²) in [6.45, 7) is 2.22. The molecule has 2 unspecified atom stereocenters.